The van der Waals surface area contributed by atoms with Gasteiger partial charge in [0.1, 0.15) is 11.7 Å². The van der Waals surface area contributed by atoms with Gasteiger partial charge < -0.3 is 19.2 Å². The Morgan fingerprint density at radius 3 is 2.54 bits per heavy atom. The lowest BCUT2D eigenvalue weighted by atomic mass is 10.1. The maximum atomic E-state index is 12.1. The zero-order valence-corrected chi connectivity index (χ0v) is 15.9. The third kappa shape index (κ3) is 6.06. The van der Waals surface area contributed by atoms with Crippen LogP contribution in [0.25, 0.3) is 0 Å². The lowest BCUT2D eigenvalue weighted by Gasteiger charge is -2.28. The molecule has 1 N–H and O–H groups in total. The van der Waals surface area contributed by atoms with Gasteiger partial charge in [-0.3, -0.25) is 4.74 Å². The number of halogens is 3. The van der Waals surface area contributed by atoms with E-state index in [9.17, 15) is 18.0 Å². The van der Waals surface area contributed by atoms with E-state index >= 15 is 0 Å². The van der Waals surface area contributed by atoms with Gasteiger partial charge in [-0.15, -0.1) is 23.4 Å². The van der Waals surface area contributed by atoms with Crippen LogP contribution in [0.5, 0.6) is 0 Å². The number of alkyl halides is 3. The Bertz CT molecular complexity index is 680. The second kappa shape index (κ2) is 7.86. The Hall–Kier alpha value is -1.88. The summed E-state index contributed by atoms with van der Waals surface area (Å²) in [6.07, 6.45) is -3.81. The summed E-state index contributed by atoms with van der Waals surface area (Å²) in [4.78, 5) is 11.8. The molecule has 1 aliphatic heterocycles. The molecule has 3 rings (SSSR count). The largest absolute Gasteiger partial charge is 0.522 e. The Labute approximate surface area is 160 Å². The first-order chi connectivity index (χ1) is 13.0. The normalized spacial score (nSPS) is 28.1. The van der Waals surface area contributed by atoms with Crippen molar-refractivity contribution in [3.63, 3.8) is 0 Å². The molecule has 1 aromatic heterocycles. The van der Waals surface area contributed by atoms with E-state index in [0.29, 0.717) is 31.0 Å². The van der Waals surface area contributed by atoms with Gasteiger partial charge in [-0.25, -0.2) is 4.79 Å². The molecule has 0 aromatic carbocycles. The topological polar surface area (TPSA) is 95.7 Å². The Morgan fingerprint density at radius 1 is 1.21 bits per heavy atom. The average Bonchev–Trinajstić information content (AvgIpc) is 3.18. The van der Waals surface area contributed by atoms with Gasteiger partial charge >= 0.3 is 12.5 Å². The number of carbonyl (C=O) groups is 1. The SMILES string of the molecule is CC(C)(C)OC(=O)N[C@@H]1CC[C@@H](c2nnc(C3CC3COC(F)(F)F)o2)OC1. The highest BCUT2D eigenvalue weighted by Gasteiger charge is 2.45. The van der Waals surface area contributed by atoms with E-state index in [2.05, 4.69) is 20.3 Å². The summed E-state index contributed by atoms with van der Waals surface area (Å²) in [7, 11) is 0. The minimum Gasteiger partial charge on any atom is -0.444 e. The van der Waals surface area contributed by atoms with Crippen LogP contribution in [0.2, 0.25) is 0 Å². The maximum absolute atomic E-state index is 12.1. The summed E-state index contributed by atoms with van der Waals surface area (Å²) >= 11 is 0. The van der Waals surface area contributed by atoms with Crippen LogP contribution in [0, 0.1) is 5.92 Å². The van der Waals surface area contributed by atoms with Crippen molar-refractivity contribution in [2.75, 3.05) is 13.2 Å². The predicted molar refractivity (Wildman–Crippen MR) is 88.2 cm³/mol. The molecule has 0 radical (unpaired) electrons. The zero-order valence-electron chi connectivity index (χ0n) is 15.9. The van der Waals surface area contributed by atoms with Gasteiger partial charge in [0.15, 0.2) is 0 Å². The molecule has 1 saturated carbocycles. The number of amides is 1. The number of alkyl carbamates (subject to hydrolysis) is 1. The van der Waals surface area contributed by atoms with E-state index in [4.69, 9.17) is 13.9 Å². The molecule has 2 aliphatic rings. The van der Waals surface area contributed by atoms with Crippen molar-refractivity contribution in [2.45, 2.75) is 70.1 Å². The van der Waals surface area contributed by atoms with E-state index in [-0.39, 0.29) is 24.5 Å². The second-order valence-corrected chi connectivity index (χ2v) is 8.08. The third-order valence-corrected chi connectivity index (χ3v) is 4.43. The highest BCUT2D eigenvalue weighted by atomic mass is 19.4. The number of hydrogen-bond donors (Lipinski definition) is 1. The number of ether oxygens (including phenoxy) is 3. The summed E-state index contributed by atoms with van der Waals surface area (Å²) in [5, 5.41) is 10.6. The zero-order chi connectivity index (χ0) is 20.5. The number of rotatable bonds is 5. The minimum absolute atomic E-state index is 0.180. The van der Waals surface area contributed by atoms with Crippen molar-refractivity contribution in [1.29, 1.82) is 0 Å². The first-order valence-corrected chi connectivity index (χ1v) is 9.15. The molecule has 0 bridgehead atoms. The fourth-order valence-corrected chi connectivity index (χ4v) is 3.00. The van der Waals surface area contributed by atoms with Crippen LogP contribution in [0.3, 0.4) is 0 Å². The minimum atomic E-state index is -4.63. The predicted octanol–water partition coefficient (Wildman–Crippen LogP) is 3.45. The summed E-state index contributed by atoms with van der Waals surface area (Å²) in [5.41, 5.74) is -0.575. The molecule has 1 saturated heterocycles. The fourth-order valence-electron chi connectivity index (χ4n) is 3.00. The van der Waals surface area contributed by atoms with Gasteiger partial charge in [-0.2, -0.15) is 0 Å². The molecule has 2 heterocycles. The summed E-state index contributed by atoms with van der Waals surface area (Å²) in [5.74, 6) is 0.120. The Balaban J connectivity index is 1.43. The molecule has 1 amide bonds. The van der Waals surface area contributed by atoms with Crippen LogP contribution in [0.1, 0.15) is 63.8 Å². The monoisotopic (exact) mass is 407 g/mol. The van der Waals surface area contributed by atoms with Crippen molar-refractivity contribution < 1.29 is 36.6 Å². The van der Waals surface area contributed by atoms with E-state index < -0.39 is 30.8 Å². The third-order valence-electron chi connectivity index (χ3n) is 4.43. The molecule has 1 aliphatic carbocycles. The highest BCUT2D eigenvalue weighted by Crippen LogP contribution is 2.48. The van der Waals surface area contributed by atoms with Crippen LogP contribution in [0.4, 0.5) is 18.0 Å². The highest BCUT2D eigenvalue weighted by molar-refractivity contribution is 5.68. The second-order valence-electron chi connectivity index (χ2n) is 8.08. The number of carbonyl (C=O) groups excluding carboxylic acids is 1. The summed E-state index contributed by atoms with van der Waals surface area (Å²) in [6, 6.07) is -0.180. The molecular formula is C17H24F3N3O5. The maximum Gasteiger partial charge on any atom is 0.522 e. The fraction of sp³-hybridized carbons (Fsp3) is 0.824. The molecular weight excluding hydrogens is 383 g/mol. The lowest BCUT2D eigenvalue weighted by Crippen LogP contribution is -2.43. The quantitative estimate of drug-likeness (QED) is 0.799. The summed E-state index contributed by atoms with van der Waals surface area (Å²) in [6.45, 7) is 5.21. The molecule has 11 heteroatoms. The van der Waals surface area contributed by atoms with Gasteiger partial charge in [0.05, 0.1) is 19.3 Å². The van der Waals surface area contributed by atoms with E-state index in [1.807, 2.05) is 0 Å². The van der Waals surface area contributed by atoms with Crippen LogP contribution in [0.15, 0.2) is 4.42 Å². The molecule has 2 unspecified atom stereocenters. The van der Waals surface area contributed by atoms with E-state index in [1.165, 1.54) is 0 Å². The van der Waals surface area contributed by atoms with Gasteiger partial charge in [-0.1, -0.05) is 0 Å². The molecule has 1 aromatic rings. The van der Waals surface area contributed by atoms with Crippen LogP contribution < -0.4 is 5.32 Å². The van der Waals surface area contributed by atoms with E-state index in [1.54, 1.807) is 20.8 Å². The van der Waals surface area contributed by atoms with Crippen molar-refractivity contribution in [2.24, 2.45) is 5.92 Å². The molecule has 2 fully saturated rings. The van der Waals surface area contributed by atoms with Crippen molar-refractivity contribution in [3.05, 3.63) is 11.8 Å². The smallest absolute Gasteiger partial charge is 0.444 e. The van der Waals surface area contributed by atoms with Crippen LogP contribution in [-0.4, -0.2) is 47.5 Å². The van der Waals surface area contributed by atoms with Crippen LogP contribution >= 0.6 is 0 Å². The van der Waals surface area contributed by atoms with Gasteiger partial charge in [0.25, 0.3) is 0 Å². The first-order valence-electron chi connectivity index (χ1n) is 9.15. The number of hydrogen-bond acceptors (Lipinski definition) is 7. The van der Waals surface area contributed by atoms with Crippen LogP contribution in [-0.2, 0) is 14.2 Å². The number of nitrogens with one attached hydrogen (secondary N) is 1. The molecule has 8 nitrogen and oxygen atoms in total. The standard InChI is InChI=1S/C17H24F3N3O5/c1-16(2,3)28-15(24)21-10-4-5-12(25-8-10)14-23-22-13(27-14)11-6-9(11)7-26-17(18,19)20/h9-12H,4-8H2,1-3H3,(H,21,24)/t9?,10-,11?,12+/m1/s1. The number of aromatic nitrogens is 2. The summed E-state index contributed by atoms with van der Waals surface area (Å²) < 4.78 is 56.6. The van der Waals surface area contributed by atoms with Gasteiger partial charge in [-0.05, 0) is 46.0 Å². The molecule has 28 heavy (non-hydrogen) atoms. The Kier molecular flexibility index (Phi) is 5.85. The number of nitrogens with zero attached hydrogens (tertiary/aromatic N) is 2. The van der Waals surface area contributed by atoms with E-state index in [0.717, 1.165) is 0 Å². The van der Waals surface area contributed by atoms with Crippen molar-refractivity contribution in [1.82, 2.24) is 15.5 Å². The average molecular weight is 407 g/mol. The van der Waals surface area contributed by atoms with Gasteiger partial charge in [0.2, 0.25) is 11.8 Å². The van der Waals surface area contributed by atoms with Crippen molar-refractivity contribution in [3.8, 4) is 0 Å². The molecule has 158 valence electrons. The molecule has 4 atom stereocenters. The molecule has 0 spiro atoms. The first kappa shape index (κ1) is 20.8. The lowest BCUT2D eigenvalue weighted by molar-refractivity contribution is -0.326. The van der Waals surface area contributed by atoms with Crippen molar-refractivity contribution >= 4 is 6.09 Å². The Morgan fingerprint density at radius 2 is 1.93 bits per heavy atom. The van der Waals surface area contributed by atoms with Gasteiger partial charge in [0, 0.05) is 5.92 Å².